The molecule has 2 N–H and O–H groups in total. The van der Waals surface area contributed by atoms with Gasteiger partial charge < -0.3 is 40.2 Å². The first-order valence-corrected chi connectivity index (χ1v) is 5.07. The van der Waals surface area contributed by atoms with Crippen molar-refractivity contribution in [2.24, 2.45) is 0 Å². The van der Waals surface area contributed by atoms with Crippen molar-refractivity contribution in [3.05, 3.63) is 0 Å². The van der Waals surface area contributed by atoms with Gasteiger partial charge in [-0.3, -0.25) is 0 Å². The number of aliphatic carboxylic acids is 2. The summed E-state index contributed by atoms with van der Waals surface area (Å²) < 4.78 is 0. The number of carboxylic acid groups (broad SMARTS) is 2. The SMILES string of the molecule is O=C([O-])CC(O)C([O-])=S.O=C([O-])CC(O)C([O-])=S.[Li+].[Sb+3]. The van der Waals surface area contributed by atoms with Crippen molar-refractivity contribution < 1.29 is 59.1 Å². The van der Waals surface area contributed by atoms with Crippen LogP contribution >= 0.6 is 24.4 Å². The molecule has 8 nitrogen and oxygen atoms in total. The molecule has 0 aliphatic carbocycles. The van der Waals surface area contributed by atoms with Gasteiger partial charge in [-0.15, -0.1) is 0 Å². The van der Waals surface area contributed by atoms with Crippen LogP contribution in [-0.2, 0) is 9.59 Å². The first kappa shape index (κ1) is 28.3. The van der Waals surface area contributed by atoms with E-state index in [4.69, 9.17) is 10.2 Å². The molecule has 0 saturated heterocycles. The zero-order valence-corrected chi connectivity index (χ0v) is 14.4. The van der Waals surface area contributed by atoms with Crippen molar-refractivity contribution in [3.8, 4) is 0 Å². The molecule has 0 aliphatic heterocycles. The second-order valence-corrected chi connectivity index (χ2v) is 3.63. The molecule has 20 heavy (non-hydrogen) atoms. The van der Waals surface area contributed by atoms with Gasteiger partial charge in [0, 0.05) is 24.8 Å². The molecule has 0 bridgehead atoms. The molecule has 106 valence electrons. The molecule has 2 unspecified atom stereocenters. The van der Waals surface area contributed by atoms with Crippen molar-refractivity contribution in [3.63, 3.8) is 0 Å². The van der Waals surface area contributed by atoms with Crippen molar-refractivity contribution >= 4 is 70.9 Å². The minimum Gasteiger partial charge on any atom is -0.866 e. The van der Waals surface area contributed by atoms with E-state index >= 15 is 0 Å². The fourth-order valence-corrected chi connectivity index (χ4v) is 0.649. The standard InChI is InChI=1S/2C4H6O4S.Li.Sb/c2*5-2(4(8)9)1-3(6)7;;/h2*2,5H,1H2,(H,6,7)(H,8,9);;/q;;+1;+3/p-4. The number of aliphatic hydroxyl groups excluding tert-OH is 2. The van der Waals surface area contributed by atoms with Gasteiger partial charge >= 0.3 is 43.3 Å². The number of hydrogen-bond donors (Lipinski definition) is 2. The number of carbonyl (C=O) groups excluding carboxylic acids is 2. The molecule has 0 aromatic carbocycles. The van der Waals surface area contributed by atoms with Crippen molar-refractivity contribution in [2.45, 2.75) is 25.0 Å². The van der Waals surface area contributed by atoms with Gasteiger partial charge in [-0.2, -0.15) is 0 Å². The number of carboxylic acids is 2. The van der Waals surface area contributed by atoms with E-state index < -0.39 is 47.1 Å². The minimum absolute atomic E-state index is 0. The Labute approximate surface area is 154 Å². The topological polar surface area (TPSA) is 167 Å². The summed E-state index contributed by atoms with van der Waals surface area (Å²) in [6.07, 6.45) is -4.62. The number of rotatable bonds is 6. The fraction of sp³-hybridized carbons (Fsp3) is 0.500. The Morgan fingerprint density at radius 1 is 0.850 bits per heavy atom. The van der Waals surface area contributed by atoms with Crippen LogP contribution in [0.2, 0.25) is 0 Å². The predicted octanol–water partition coefficient (Wildman–Crippen LogP) is -9.03. The number of hydrogen-bond acceptors (Lipinski definition) is 10. The molecule has 0 aromatic rings. The summed E-state index contributed by atoms with van der Waals surface area (Å²) in [6, 6.07) is 0. The Kier molecular flexibility index (Phi) is 21.8. The third-order valence-electron chi connectivity index (χ3n) is 1.26. The van der Waals surface area contributed by atoms with E-state index in [0.29, 0.717) is 0 Å². The van der Waals surface area contributed by atoms with Crippen LogP contribution in [0, 0.1) is 0 Å². The quantitative estimate of drug-likeness (QED) is 0.308. The summed E-state index contributed by atoms with van der Waals surface area (Å²) in [5, 5.41) is 54.1. The molecule has 0 fully saturated rings. The Morgan fingerprint density at radius 2 is 1.05 bits per heavy atom. The first-order valence-electron chi connectivity index (χ1n) is 4.25. The summed E-state index contributed by atoms with van der Waals surface area (Å²) in [5.41, 5.74) is 0. The molecule has 2 radical (unpaired) electrons. The van der Waals surface area contributed by atoms with Crippen LogP contribution < -0.4 is 39.3 Å². The summed E-state index contributed by atoms with van der Waals surface area (Å²) >= 11 is 7.88. The maximum Gasteiger partial charge on any atom is 3.00 e. The summed E-state index contributed by atoms with van der Waals surface area (Å²) in [4.78, 5) is 19.3. The largest absolute Gasteiger partial charge is 3.00 e. The van der Waals surface area contributed by atoms with Gasteiger partial charge in [0.05, 0.1) is 12.2 Å². The molecule has 0 aromatic heterocycles. The third kappa shape index (κ3) is 20.4. The number of thiocarbonyl (C=S) groups is 2. The molecule has 0 amide bonds. The molecule has 12 heteroatoms. The monoisotopic (exact) mass is 424 g/mol. The molecular formula is C8H8LiO8S2Sb. The van der Waals surface area contributed by atoms with E-state index in [1.807, 2.05) is 0 Å². The zero-order valence-electron chi connectivity index (χ0n) is 10.2. The number of carbonyl (C=O) groups is 2. The van der Waals surface area contributed by atoms with Crippen LogP contribution in [-0.4, -0.2) is 68.9 Å². The van der Waals surface area contributed by atoms with Crippen molar-refractivity contribution in [2.75, 3.05) is 0 Å². The summed E-state index contributed by atoms with van der Waals surface area (Å²) in [7, 11) is 0. The molecule has 2 atom stereocenters. The average molecular weight is 425 g/mol. The molecule has 0 saturated carbocycles. The molecule has 0 spiro atoms. The molecular weight excluding hydrogens is 417 g/mol. The fourth-order valence-electron chi connectivity index (χ4n) is 0.482. The van der Waals surface area contributed by atoms with Crippen molar-refractivity contribution in [1.29, 1.82) is 0 Å². The Morgan fingerprint density at radius 3 is 1.10 bits per heavy atom. The van der Waals surface area contributed by atoms with E-state index in [9.17, 15) is 30.0 Å². The van der Waals surface area contributed by atoms with Crippen LogP contribution in [0.1, 0.15) is 12.8 Å². The van der Waals surface area contributed by atoms with Gasteiger partial charge in [0.1, 0.15) is 0 Å². The zero-order chi connectivity index (χ0) is 14.9. The maximum absolute atomic E-state index is 9.95. The van der Waals surface area contributed by atoms with Crippen LogP contribution in [0.3, 0.4) is 0 Å². The molecule has 0 aliphatic rings. The smallest absolute Gasteiger partial charge is 0.866 e. The van der Waals surface area contributed by atoms with E-state index in [1.165, 1.54) is 0 Å². The van der Waals surface area contributed by atoms with Gasteiger partial charge in [-0.1, -0.05) is 24.4 Å². The van der Waals surface area contributed by atoms with E-state index in [0.717, 1.165) is 0 Å². The predicted molar refractivity (Wildman–Crippen MR) is 62.2 cm³/mol. The maximum atomic E-state index is 9.95. The molecule has 0 rings (SSSR count). The normalized spacial score (nSPS) is 11.3. The van der Waals surface area contributed by atoms with Crippen LogP contribution in [0.15, 0.2) is 0 Å². The van der Waals surface area contributed by atoms with Gasteiger partial charge in [0.25, 0.3) is 0 Å². The Bertz CT molecular complexity index is 308. The Hall–Kier alpha value is 0.0556. The minimum atomic E-state index is -1.59. The van der Waals surface area contributed by atoms with Gasteiger partial charge in [0.2, 0.25) is 0 Å². The average Bonchev–Trinajstić information content (AvgIpc) is 2.16. The van der Waals surface area contributed by atoms with E-state index in [1.54, 1.807) is 0 Å². The van der Waals surface area contributed by atoms with E-state index in [-0.39, 0.29) is 43.3 Å². The van der Waals surface area contributed by atoms with Crippen molar-refractivity contribution in [1.82, 2.24) is 0 Å². The van der Waals surface area contributed by atoms with Gasteiger partial charge in [-0.25, -0.2) is 0 Å². The van der Waals surface area contributed by atoms with Crippen LogP contribution in [0.5, 0.6) is 0 Å². The second-order valence-electron chi connectivity index (χ2n) is 2.82. The summed E-state index contributed by atoms with van der Waals surface area (Å²) in [5.74, 6) is -2.97. The van der Waals surface area contributed by atoms with Crippen LogP contribution in [0.25, 0.3) is 0 Å². The summed E-state index contributed by atoms with van der Waals surface area (Å²) in [6.45, 7) is 0. The second kappa shape index (κ2) is 15.4. The Balaban J connectivity index is -0.000000116. The van der Waals surface area contributed by atoms with Crippen LogP contribution in [0.4, 0.5) is 0 Å². The number of aliphatic hydroxyl groups is 2. The molecule has 0 heterocycles. The first-order chi connectivity index (χ1) is 8.07. The van der Waals surface area contributed by atoms with E-state index in [2.05, 4.69) is 24.4 Å². The van der Waals surface area contributed by atoms with Gasteiger partial charge in [-0.05, 0) is 10.1 Å². The third-order valence-corrected chi connectivity index (χ3v) is 1.81. The van der Waals surface area contributed by atoms with Gasteiger partial charge in [0.15, 0.2) is 0 Å².